The maximum absolute atomic E-state index is 11.6. The van der Waals surface area contributed by atoms with Crippen LogP contribution < -0.4 is 10.6 Å². The number of aryl methyl sites for hydroxylation is 1. The molecule has 0 unspecified atom stereocenters. The lowest BCUT2D eigenvalue weighted by molar-refractivity contribution is -0.383. The van der Waals surface area contributed by atoms with Gasteiger partial charge < -0.3 is 10.6 Å². The van der Waals surface area contributed by atoms with Crippen LogP contribution in [0, 0.1) is 17.0 Å². The van der Waals surface area contributed by atoms with Crippen molar-refractivity contribution in [1.29, 1.82) is 0 Å². The van der Waals surface area contributed by atoms with Crippen LogP contribution in [0.4, 0.5) is 28.7 Å². The van der Waals surface area contributed by atoms with Gasteiger partial charge >= 0.3 is 5.69 Å². The number of rotatable bonds is 5. The Kier molecular flexibility index (Phi) is 5.20. The summed E-state index contributed by atoms with van der Waals surface area (Å²) in [7, 11) is 0. The maximum atomic E-state index is 11.6. The number of nitrogens with one attached hydrogen (secondary N) is 2. The second-order valence-corrected chi connectivity index (χ2v) is 6.24. The fourth-order valence-corrected chi connectivity index (χ4v) is 2.52. The minimum Gasteiger partial charge on any atom is -0.334 e. The Morgan fingerprint density at radius 2 is 1.50 bits per heavy atom. The molecule has 1 aromatic heterocycles. The number of benzene rings is 2. The summed E-state index contributed by atoms with van der Waals surface area (Å²) in [5, 5.41) is 18.1. The fourth-order valence-electron chi connectivity index (χ4n) is 2.22. The van der Waals surface area contributed by atoms with Gasteiger partial charge in [0.05, 0.1) is 15.0 Å². The van der Waals surface area contributed by atoms with Gasteiger partial charge in [-0.15, -0.1) is 0 Å². The summed E-state index contributed by atoms with van der Waals surface area (Å²) >= 11 is 11.9. The maximum Gasteiger partial charge on any atom is 0.353 e. The molecule has 0 saturated heterocycles. The van der Waals surface area contributed by atoms with Gasteiger partial charge in [-0.1, -0.05) is 40.9 Å². The molecule has 9 heteroatoms. The summed E-state index contributed by atoms with van der Waals surface area (Å²) in [4.78, 5) is 19.0. The van der Waals surface area contributed by atoms with Crippen LogP contribution in [0.15, 0.2) is 48.8 Å². The normalized spacial score (nSPS) is 10.4. The van der Waals surface area contributed by atoms with Crippen LogP contribution in [0.25, 0.3) is 0 Å². The van der Waals surface area contributed by atoms with Gasteiger partial charge in [-0.05, 0) is 37.3 Å². The first-order chi connectivity index (χ1) is 12.4. The van der Waals surface area contributed by atoms with Gasteiger partial charge in [0.1, 0.15) is 6.33 Å². The van der Waals surface area contributed by atoms with Gasteiger partial charge in [0.25, 0.3) is 0 Å². The van der Waals surface area contributed by atoms with Crippen LogP contribution in [0.1, 0.15) is 5.56 Å². The molecule has 0 fully saturated rings. The van der Waals surface area contributed by atoms with Crippen molar-refractivity contribution in [3.63, 3.8) is 0 Å². The van der Waals surface area contributed by atoms with Gasteiger partial charge in [-0.25, -0.2) is 9.97 Å². The lowest BCUT2D eigenvalue weighted by Crippen LogP contribution is -2.05. The van der Waals surface area contributed by atoms with Crippen molar-refractivity contribution in [1.82, 2.24) is 9.97 Å². The number of nitro groups is 1. The summed E-state index contributed by atoms with van der Waals surface area (Å²) in [6.45, 7) is 1.95. The van der Waals surface area contributed by atoms with Crippen molar-refractivity contribution >= 4 is 51.9 Å². The summed E-state index contributed by atoms with van der Waals surface area (Å²) < 4.78 is 0. The Morgan fingerprint density at radius 1 is 0.923 bits per heavy atom. The summed E-state index contributed by atoms with van der Waals surface area (Å²) in [6, 6.07) is 12.2. The molecular weight excluding hydrogens is 377 g/mol. The molecule has 7 nitrogen and oxygen atoms in total. The Bertz CT molecular complexity index is 964. The van der Waals surface area contributed by atoms with Crippen molar-refractivity contribution < 1.29 is 4.92 Å². The number of halogens is 2. The second kappa shape index (κ2) is 7.55. The van der Waals surface area contributed by atoms with E-state index in [0.717, 1.165) is 5.56 Å². The van der Waals surface area contributed by atoms with Crippen molar-refractivity contribution in [2.24, 2.45) is 0 Å². The number of nitrogens with zero attached hydrogens (tertiary/aromatic N) is 3. The summed E-state index contributed by atoms with van der Waals surface area (Å²) in [6.07, 6.45) is 1.24. The van der Waals surface area contributed by atoms with E-state index >= 15 is 0 Å². The molecule has 0 bridgehead atoms. The molecule has 26 heavy (non-hydrogen) atoms. The van der Waals surface area contributed by atoms with Gasteiger partial charge in [-0.2, -0.15) is 0 Å². The third kappa shape index (κ3) is 4.01. The van der Waals surface area contributed by atoms with E-state index in [0.29, 0.717) is 21.4 Å². The van der Waals surface area contributed by atoms with Crippen molar-refractivity contribution in [3.05, 3.63) is 74.5 Å². The molecule has 0 saturated carbocycles. The lowest BCUT2D eigenvalue weighted by Gasteiger charge is -2.10. The highest BCUT2D eigenvalue weighted by atomic mass is 35.5. The van der Waals surface area contributed by atoms with E-state index in [9.17, 15) is 10.1 Å². The topological polar surface area (TPSA) is 93.0 Å². The molecule has 0 aliphatic heterocycles. The zero-order chi connectivity index (χ0) is 18.7. The lowest BCUT2D eigenvalue weighted by atomic mass is 10.2. The minimum absolute atomic E-state index is 0.0398. The van der Waals surface area contributed by atoms with Crippen LogP contribution in [0.2, 0.25) is 10.0 Å². The zero-order valence-electron chi connectivity index (χ0n) is 13.5. The number of hydrogen-bond acceptors (Lipinski definition) is 6. The van der Waals surface area contributed by atoms with E-state index in [2.05, 4.69) is 20.6 Å². The van der Waals surface area contributed by atoms with Crippen LogP contribution >= 0.6 is 23.2 Å². The quantitative estimate of drug-likeness (QED) is 0.442. The molecule has 0 atom stereocenters. The Balaban J connectivity index is 1.96. The third-order valence-electron chi connectivity index (χ3n) is 3.50. The van der Waals surface area contributed by atoms with Gasteiger partial charge in [-0.3, -0.25) is 10.1 Å². The van der Waals surface area contributed by atoms with Crippen LogP contribution in [0.3, 0.4) is 0 Å². The number of hydrogen-bond donors (Lipinski definition) is 2. The molecule has 132 valence electrons. The summed E-state index contributed by atoms with van der Waals surface area (Å²) in [5.41, 5.74) is 1.99. The molecular formula is C17H13Cl2N5O2. The molecule has 1 heterocycles. The van der Waals surface area contributed by atoms with E-state index in [1.807, 2.05) is 31.2 Å². The monoisotopic (exact) mass is 389 g/mol. The third-order valence-corrected chi connectivity index (χ3v) is 4.24. The van der Waals surface area contributed by atoms with Crippen molar-refractivity contribution in [2.45, 2.75) is 6.92 Å². The molecule has 0 amide bonds. The number of aromatic nitrogens is 2. The molecule has 3 rings (SSSR count). The van der Waals surface area contributed by atoms with E-state index < -0.39 is 4.92 Å². The van der Waals surface area contributed by atoms with E-state index in [1.165, 1.54) is 6.33 Å². The van der Waals surface area contributed by atoms with Gasteiger partial charge in [0, 0.05) is 11.4 Å². The average Bonchev–Trinajstić information content (AvgIpc) is 2.60. The van der Waals surface area contributed by atoms with Gasteiger partial charge in [0.15, 0.2) is 0 Å². The zero-order valence-corrected chi connectivity index (χ0v) is 15.0. The summed E-state index contributed by atoms with van der Waals surface area (Å²) in [5.74, 6) is 0.120. The SMILES string of the molecule is Cc1ccc(Nc2ncnc(Nc3ccc(Cl)c(Cl)c3)c2[N+](=O)[O-])cc1. The molecule has 3 aromatic rings. The smallest absolute Gasteiger partial charge is 0.334 e. The van der Waals surface area contributed by atoms with E-state index in [-0.39, 0.29) is 17.3 Å². The van der Waals surface area contributed by atoms with Crippen molar-refractivity contribution in [2.75, 3.05) is 10.6 Å². The Morgan fingerprint density at radius 3 is 2.08 bits per heavy atom. The number of anilines is 4. The van der Waals surface area contributed by atoms with Crippen molar-refractivity contribution in [3.8, 4) is 0 Å². The Labute approximate surface area is 159 Å². The molecule has 2 aromatic carbocycles. The molecule has 2 N–H and O–H groups in total. The van der Waals surface area contributed by atoms with Crippen LogP contribution in [-0.4, -0.2) is 14.9 Å². The average molecular weight is 390 g/mol. The molecule has 0 radical (unpaired) electrons. The highest BCUT2D eigenvalue weighted by Crippen LogP contribution is 2.34. The van der Waals surface area contributed by atoms with Crippen LogP contribution in [0.5, 0.6) is 0 Å². The van der Waals surface area contributed by atoms with Gasteiger partial charge in [0.2, 0.25) is 11.6 Å². The molecule has 0 aliphatic rings. The molecule has 0 aliphatic carbocycles. The first-order valence-electron chi connectivity index (χ1n) is 7.49. The largest absolute Gasteiger partial charge is 0.353 e. The second-order valence-electron chi connectivity index (χ2n) is 5.42. The predicted molar refractivity (Wildman–Crippen MR) is 103 cm³/mol. The fraction of sp³-hybridized carbons (Fsp3) is 0.0588. The minimum atomic E-state index is -0.545. The van der Waals surface area contributed by atoms with E-state index in [1.54, 1.807) is 18.2 Å². The highest BCUT2D eigenvalue weighted by Gasteiger charge is 2.23. The Hall–Kier alpha value is -2.90. The first kappa shape index (κ1) is 17.9. The highest BCUT2D eigenvalue weighted by molar-refractivity contribution is 6.42. The van der Waals surface area contributed by atoms with E-state index in [4.69, 9.17) is 23.2 Å². The first-order valence-corrected chi connectivity index (χ1v) is 8.25. The predicted octanol–water partition coefficient (Wildman–Crippen LogP) is 5.49. The molecule has 0 spiro atoms. The standard InChI is InChI=1S/C17H13Cl2N5O2/c1-10-2-4-11(5-3-10)22-16-15(24(25)26)17(21-9-20-16)23-12-6-7-13(18)14(19)8-12/h2-9H,1H3,(H2,20,21,22,23). The van der Waals surface area contributed by atoms with Crippen LogP contribution in [-0.2, 0) is 0 Å².